The Morgan fingerprint density at radius 3 is 2.54 bits per heavy atom. The first kappa shape index (κ1) is 16.4. The summed E-state index contributed by atoms with van der Waals surface area (Å²) in [5.74, 6) is 1.67. The summed E-state index contributed by atoms with van der Waals surface area (Å²) >= 11 is 0. The lowest BCUT2D eigenvalue weighted by molar-refractivity contribution is 0.0746. The smallest absolute Gasteiger partial charge is 0.253 e. The Hall–Kier alpha value is -3.09. The van der Waals surface area contributed by atoms with Gasteiger partial charge in [-0.25, -0.2) is 0 Å². The average molecular weight is 351 g/mol. The van der Waals surface area contributed by atoms with Crippen molar-refractivity contribution in [3.63, 3.8) is 0 Å². The third-order valence-corrected chi connectivity index (χ3v) is 4.56. The number of amides is 1. The maximum Gasteiger partial charge on any atom is 0.253 e. The largest absolute Gasteiger partial charge is 0.494 e. The molecule has 7 heteroatoms. The van der Waals surface area contributed by atoms with Gasteiger partial charge in [-0.05, 0) is 43.3 Å². The summed E-state index contributed by atoms with van der Waals surface area (Å²) in [5, 5.41) is 8.49. The second kappa shape index (κ2) is 7.03. The predicted octanol–water partition coefficient (Wildman–Crippen LogP) is 2.09. The highest BCUT2D eigenvalue weighted by atomic mass is 16.5. The number of anilines is 1. The van der Waals surface area contributed by atoms with E-state index in [0.717, 1.165) is 30.4 Å². The number of hydrogen-bond donors (Lipinski definition) is 0. The summed E-state index contributed by atoms with van der Waals surface area (Å²) < 4.78 is 7.41. The number of rotatable bonds is 4. The molecule has 7 nitrogen and oxygen atoms in total. The number of benzene rings is 1. The number of fused-ring (bicyclic) bond motifs is 1. The lowest BCUT2D eigenvalue weighted by Crippen LogP contribution is -2.49. The minimum atomic E-state index is 0.0544. The molecule has 26 heavy (non-hydrogen) atoms. The Kier molecular flexibility index (Phi) is 4.43. The Labute approximate surface area is 151 Å². The zero-order valence-corrected chi connectivity index (χ0v) is 14.7. The number of hydrogen-bond acceptors (Lipinski definition) is 5. The molecule has 0 saturated carbocycles. The van der Waals surface area contributed by atoms with E-state index in [4.69, 9.17) is 4.74 Å². The molecular weight excluding hydrogens is 330 g/mol. The molecule has 0 aliphatic carbocycles. The molecule has 4 rings (SSSR count). The fourth-order valence-corrected chi connectivity index (χ4v) is 3.20. The van der Waals surface area contributed by atoms with E-state index in [0.29, 0.717) is 25.3 Å². The minimum Gasteiger partial charge on any atom is -0.494 e. The van der Waals surface area contributed by atoms with Crippen LogP contribution < -0.4 is 9.64 Å². The van der Waals surface area contributed by atoms with Gasteiger partial charge in [0.15, 0.2) is 5.65 Å². The van der Waals surface area contributed by atoms with Gasteiger partial charge in [-0.15, -0.1) is 10.2 Å². The molecule has 3 aromatic rings. The van der Waals surface area contributed by atoms with Crippen molar-refractivity contribution in [2.24, 2.45) is 0 Å². The third kappa shape index (κ3) is 3.08. The molecule has 2 aromatic heterocycles. The van der Waals surface area contributed by atoms with Crippen LogP contribution in [-0.4, -0.2) is 58.2 Å². The van der Waals surface area contributed by atoms with Crippen LogP contribution in [0.5, 0.6) is 5.75 Å². The highest BCUT2D eigenvalue weighted by molar-refractivity contribution is 5.94. The number of nitrogens with zero attached hydrogens (tertiary/aromatic N) is 5. The van der Waals surface area contributed by atoms with Crippen LogP contribution in [0.1, 0.15) is 17.3 Å². The van der Waals surface area contributed by atoms with Gasteiger partial charge in [-0.2, -0.15) is 0 Å². The van der Waals surface area contributed by atoms with Crippen LogP contribution >= 0.6 is 0 Å². The van der Waals surface area contributed by atoms with Crippen LogP contribution in [0.3, 0.4) is 0 Å². The zero-order chi connectivity index (χ0) is 17.9. The summed E-state index contributed by atoms with van der Waals surface area (Å²) in [5.41, 5.74) is 1.52. The summed E-state index contributed by atoms with van der Waals surface area (Å²) in [6, 6.07) is 13.2. The second-order valence-electron chi connectivity index (χ2n) is 6.17. The van der Waals surface area contributed by atoms with Crippen LogP contribution in [0.2, 0.25) is 0 Å². The van der Waals surface area contributed by atoms with E-state index in [-0.39, 0.29) is 5.91 Å². The maximum absolute atomic E-state index is 12.7. The van der Waals surface area contributed by atoms with Crippen molar-refractivity contribution in [2.45, 2.75) is 6.92 Å². The Morgan fingerprint density at radius 1 is 1.04 bits per heavy atom. The number of ether oxygens (including phenoxy) is 1. The zero-order valence-electron chi connectivity index (χ0n) is 14.7. The van der Waals surface area contributed by atoms with Gasteiger partial charge in [-0.1, -0.05) is 6.07 Å². The van der Waals surface area contributed by atoms with E-state index in [2.05, 4.69) is 15.1 Å². The molecule has 0 unspecified atom stereocenters. The molecule has 0 radical (unpaired) electrons. The molecule has 1 fully saturated rings. The van der Waals surface area contributed by atoms with Crippen LogP contribution in [0.25, 0.3) is 5.65 Å². The number of carbonyl (C=O) groups excluding carboxylic acids is 1. The molecule has 3 heterocycles. The lowest BCUT2D eigenvalue weighted by Gasteiger charge is -2.34. The number of piperazine rings is 1. The molecule has 0 N–H and O–H groups in total. The van der Waals surface area contributed by atoms with E-state index < -0.39 is 0 Å². The average Bonchev–Trinajstić information content (AvgIpc) is 3.13. The molecule has 1 aliphatic heterocycles. The van der Waals surface area contributed by atoms with Gasteiger partial charge in [-0.3, -0.25) is 9.20 Å². The van der Waals surface area contributed by atoms with Gasteiger partial charge in [0.05, 0.1) is 6.61 Å². The van der Waals surface area contributed by atoms with Gasteiger partial charge in [0.25, 0.3) is 5.91 Å². The molecule has 0 atom stereocenters. The van der Waals surface area contributed by atoms with Crippen molar-refractivity contribution in [3.05, 3.63) is 54.2 Å². The van der Waals surface area contributed by atoms with Crippen LogP contribution in [0.15, 0.2) is 48.7 Å². The van der Waals surface area contributed by atoms with E-state index in [1.54, 1.807) is 0 Å². The van der Waals surface area contributed by atoms with Gasteiger partial charge in [0.1, 0.15) is 5.75 Å². The van der Waals surface area contributed by atoms with Crippen molar-refractivity contribution in [3.8, 4) is 5.75 Å². The first-order valence-electron chi connectivity index (χ1n) is 8.83. The van der Waals surface area contributed by atoms with E-state index in [1.165, 1.54) is 0 Å². The summed E-state index contributed by atoms with van der Waals surface area (Å²) in [6.07, 6.45) is 1.96. The van der Waals surface area contributed by atoms with E-state index >= 15 is 0 Å². The van der Waals surface area contributed by atoms with Crippen molar-refractivity contribution in [2.75, 3.05) is 37.7 Å². The molecule has 0 bridgehead atoms. The topological polar surface area (TPSA) is 63.0 Å². The van der Waals surface area contributed by atoms with Gasteiger partial charge < -0.3 is 14.5 Å². The normalized spacial score (nSPS) is 14.7. The summed E-state index contributed by atoms with van der Waals surface area (Å²) in [6.45, 7) is 5.35. The van der Waals surface area contributed by atoms with Gasteiger partial charge >= 0.3 is 0 Å². The standard InChI is InChI=1S/C19H21N5O2/c1-2-26-16-8-6-15(7-9-16)18(25)22-11-13-23(14-12-22)19-21-20-17-5-3-4-10-24(17)19/h3-10H,2,11-14H2,1H3. The first-order chi connectivity index (χ1) is 12.8. The van der Waals surface area contributed by atoms with Gasteiger partial charge in [0.2, 0.25) is 5.95 Å². The third-order valence-electron chi connectivity index (χ3n) is 4.56. The predicted molar refractivity (Wildman–Crippen MR) is 98.7 cm³/mol. The summed E-state index contributed by atoms with van der Waals surface area (Å²) in [4.78, 5) is 16.8. The molecule has 1 aromatic carbocycles. The fraction of sp³-hybridized carbons (Fsp3) is 0.316. The van der Waals surface area contributed by atoms with E-state index in [1.807, 2.05) is 64.9 Å². The molecule has 1 saturated heterocycles. The summed E-state index contributed by atoms with van der Waals surface area (Å²) in [7, 11) is 0. The fourth-order valence-electron chi connectivity index (χ4n) is 3.20. The van der Waals surface area contributed by atoms with Crippen molar-refractivity contribution < 1.29 is 9.53 Å². The molecule has 1 amide bonds. The Balaban J connectivity index is 1.42. The van der Waals surface area contributed by atoms with Crippen molar-refractivity contribution in [1.82, 2.24) is 19.5 Å². The molecular formula is C19H21N5O2. The monoisotopic (exact) mass is 351 g/mol. The highest BCUT2D eigenvalue weighted by Gasteiger charge is 2.24. The highest BCUT2D eigenvalue weighted by Crippen LogP contribution is 2.18. The molecule has 134 valence electrons. The van der Waals surface area contributed by atoms with Crippen LogP contribution in [-0.2, 0) is 0 Å². The number of carbonyl (C=O) groups is 1. The lowest BCUT2D eigenvalue weighted by atomic mass is 10.1. The van der Waals surface area contributed by atoms with Crippen molar-refractivity contribution >= 4 is 17.5 Å². The van der Waals surface area contributed by atoms with E-state index in [9.17, 15) is 4.79 Å². The number of aromatic nitrogens is 3. The maximum atomic E-state index is 12.7. The second-order valence-corrected chi connectivity index (χ2v) is 6.17. The Morgan fingerprint density at radius 2 is 1.81 bits per heavy atom. The Bertz CT molecular complexity index is 898. The van der Waals surface area contributed by atoms with Crippen molar-refractivity contribution in [1.29, 1.82) is 0 Å². The number of pyridine rings is 1. The minimum absolute atomic E-state index is 0.0544. The molecule has 1 aliphatic rings. The SMILES string of the molecule is CCOc1ccc(C(=O)N2CCN(c3nnc4ccccn34)CC2)cc1. The van der Waals surface area contributed by atoms with Gasteiger partial charge in [0, 0.05) is 37.9 Å². The van der Waals surface area contributed by atoms with Crippen LogP contribution in [0.4, 0.5) is 5.95 Å². The van der Waals surface area contributed by atoms with Crippen LogP contribution in [0, 0.1) is 0 Å². The quantitative estimate of drug-likeness (QED) is 0.720. The first-order valence-corrected chi connectivity index (χ1v) is 8.83. The molecule has 0 spiro atoms.